The lowest BCUT2D eigenvalue weighted by Gasteiger charge is -2.20. The lowest BCUT2D eigenvalue weighted by atomic mass is 10.2. The van der Waals surface area contributed by atoms with Crippen LogP contribution >= 0.6 is 0 Å². The molecule has 0 unspecified atom stereocenters. The summed E-state index contributed by atoms with van der Waals surface area (Å²) < 4.78 is 5.91. The molecule has 114 valence electrons. The van der Waals surface area contributed by atoms with Gasteiger partial charge in [0.05, 0.1) is 0 Å². The number of nitrogen functional groups attached to an aromatic ring is 1. The van der Waals surface area contributed by atoms with E-state index in [2.05, 4.69) is 48.0 Å². The van der Waals surface area contributed by atoms with Crippen molar-refractivity contribution in [1.82, 2.24) is 4.98 Å². The third kappa shape index (κ3) is 2.52. The maximum Gasteiger partial charge on any atom is 0.227 e. The van der Waals surface area contributed by atoms with Crippen molar-refractivity contribution in [3.05, 3.63) is 42.0 Å². The number of aryl methyl sites for hydroxylation is 1. The molecule has 0 saturated heterocycles. The van der Waals surface area contributed by atoms with Gasteiger partial charge in [-0.1, -0.05) is 0 Å². The summed E-state index contributed by atoms with van der Waals surface area (Å²) in [5.41, 5.74) is 11.4. The van der Waals surface area contributed by atoms with Gasteiger partial charge in [0.2, 0.25) is 5.89 Å². The summed E-state index contributed by atoms with van der Waals surface area (Å²) in [7, 11) is 0. The second-order valence-electron chi connectivity index (χ2n) is 5.42. The van der Waals surface area contributed by atoms with Crippen molar-refractivity contribution in [2.24, 2.45) is 0 Å². The van der Waals surface area contributed by atoms with Gasteiger partial charge >= 0.3 is 0 Å². The normalized spacial score (nSPS) is 11.0. The highest BCUT2D eigenvalue weighted by Crippen LogP contribution is 2.29. The molecular weight excluding hydrogens is 274 g/mol. The van der Waals surface area contributed by atoms with Crippen molar-refractivity contribution in [2.75, 3.05) is 23.7 Å². The summed E-state index contributed by atoms with van der Waals surface area (Å²) in [6.45, 7) is 8.29. The number of nitrogens with zero attached hydrogens (tertiary/aromatic N) is 2. The van der Waals surface area contributed by atoms with E-state index in [0.29, 0.717) is 11.6 Å². The van der Waals surface area contributed by atoms with Crippen molar-refractivity contribution in [3.8, 4) is 11.5 Å². The number of hydrogen-bond donors (Lipinski definition) is 1. The van der Waals surface area contributed by atoms with Crippen molar-refractivity contribution in [3.63, 3.8) is 0 Å². The van der Waals surface area contributed by atoms with Gasteiger partial charge in [-0.3, -0.25) is 0 Å². The zero-order valence-electron chi connectivity index (χ0n) is 13.3. The van der Waals surface area contributed by atoms with Crippen LogP contribution in [0.2, 0.25) is 0 Å². The molecule has 4 heteroatoms. The van der Waals surface area contributed by atoms with Gasteiger partial charge in [-0.15, -0.1) is 0 Å². The van der Waals surface area contributed by atoms with Crippen molar-refractivity contribution in [2.45, 2.75) is 20.8 Å². The van der Waals surface area contributed by atoms with Gasteiger partial charge in [-0.2, -0.15) is 0 Å². The number of hydrogen-bond acceptors (Lipinski definition) is 4. The highest BCUT2D eigenvalue weighted by molar-refractivity contribution is 5.82. The average Bonchev–Trinajstić information content (AvgIpc) is 2.93. The van der Waals surface area contributed by atoms with E-state index in [9.17, 15) is 0 Å². The van der Waals surface area contributed by atoms with Crippen LogP contribution in [-0.2, 0) is 0 Å². The van der Waals surface area contributed by atoms with E-state index in [0.717, 1.165) is 35.3 Å². The number of fused-ring (bicyclic) bond motifs is 1. The Hall–Kier alpha value is -2.49. The minimum absolute atomic E-state index is 0.634. The fourth-order valence-corrected chi connectivity index (χ4v) is 2.75. The monoisotopic (exact) mass is 295 g/mol. The third-order valence-electron chi connectivity index (χ3n) is 3.94. The SMILES string of the molecule is CCN(CC)c1ccc(-c2nc3cc(N)cc(C)c3o2)cc1. The third-order valence-corrected chi connectivity index (χ3v) is 3.94. The predicted molar refractivity (Wildman–Crippen MR) is 92.2 cm³/mol. The molecule has 0 aliphatic carbocycles. The Balaban J connectivity index is 1.99. The summed E-state index contributed by atoms with van der Waals surface area (Å²) in [6, 6.07) is 12.1. The van der Waals surface area contributed by atoms with Gasteiger partial charge in [-0.05, 0) is 62.7 Å². The zero-order valence-corrected chi connectivity index (χ0v) is 13.3. The van der Waals surface area contributed by atoms with E-state index in [-0.39, 0.29) is 0 Å². The number of oxazole rings is 1. The Morgan fingerprint density at radius 2 is 1.77 bits per heavy atom. The first kappa shape index (κ1) is 14.4. The second kappa shape index (κ2) is 5.72. The first-order valence-electron chi connectivity index (χ1n) is 7.64. The first-order chi connectivity index (χ1) is 10.6. The molecule has 1 aromatic heterocycles. The highest BCUT2D eigenvalue weighted by Gasteiger charge is 2.11. The Kier molecular flexibility index (Phi) is 3.75. The number of benzene rings is 2. The molecule has 4 nitrogen and oxygen atoms in total. The van der Waals surface area contributed by atoms with Crippen LogP contribution in [0.1, 0.15) is 19.4 Å². The summed E-state index contributed by atoms with van der Waals surface area (Å²) in [4.78, 5) is 6.87. The molecule has 0 fully saturated rings. The Morgan fingerprint density at radius 1 is 1.09 bits per heavy atom. The summed E-state index contributed by atoms with van der Waals surface area (Å²) in [6.07, 6.45) is 0. The number of aromatic nitrogens is 1. The first-order valence-corrected chi connectivity index (χ1v) is 7.64. The molecule has 0 aliphatic rings. The molecule has 0 amide bonds. The lowest BCUT2D eigenvalue weighted by molar-refractivity contribution is 0.617. The topological polar surface area (TPSA) is 55.3 Å². The van der Waals surface area contributed by atoms with E-state index < -0.39 is 0 Å². The summed E-state index contributed by atoms with van der Waals surface area (Å²) in [5, 5.41) is 0. The summed E-state index contributed by atoms with van der Waals surface area (Å²) >= 11 is 0. The predicted octanol–water partition coefficient (Wildman–Crippen LogP) is 4.23. The number of nitrogens with two attached hydrogens (primary N) is 1. The fraction of sp³-hybridized carbons (Fsp3) is 0.278. The van der Waals surface area contributed by atoms with Crippen LogP contribution in [0.4, 0.5) is 11.4 Å². The van der Waals surface area contributed by atoms with Crippen LogP contribution in [0.3, 0.4) is 0 Å². The van der Waals surface area contributed by atoms with Gasteiger partial charge in [-0.25, -0.2) is 4.98 Å². The Morgan fingerprint density at radius 3 is 2.41 bits per heavy atom. The molecule has 1 heterocycles. The standard InChI is InChI=1S/C18H21N3O/c1-4-21(5-2)15-8-6-13(7-9-15)18-20-16-11-14(19)10-12(3)17(16)22-18/h6-11H,4-5,19H2,1-3H3. The maximum atomic E-state index is 5.91. The summed E-state index contributed by atoms with van der Waals surface area (Å²) in [5.74, 6) is 0.634. The maximum absolute atomic E-state index is 5.91. The van der Waals surface area contributed by atoms with Crippen LogP contribution in [0.15, 0.2) is 40.8 Å². The smallest absolute Gasteiger partial charge is 0.227 e. The quantitative estimate of drug-likeness (QED) is 0.732. The second-order valence-corrected chi connectivity index (χ2v) is 5.42. The van der Waals surface area contributed by atoms with E-state index in [1.807, 2.05) is 19.1 Å². The molecular formula is C18H21N3O. The number of anilines is 2. The van der Waals surface area contributed by atoms with Crippen LogP contribution in [0.25, 0.3) is 22.6 Å². The van der Waals surface area contributed by atoms with Gasteiger partial charge < -0.3 is 15.1 Å². The van der Waals surface area contributed by atoms with E-state index in [4.69, 9.17) is 10.2 Å². The largest absolute Gasteiger partial charge is 0.436 e. The van der Waals surface area contributed by atoms with Crippen molar-refractivity contribution >= 4 is 22.5 Å². The molecule has 22 heavy (non-hydrogen) atoms. The minimum atomic E-state index is 0.634. The molecule has 2 aromatic carbocycles. The van der Waals surface area contributed by atoms with E-state index in [1.165, 1.54) is 5.69 Å². The fourth-order valence-electron chi connectivity index (χ4n) is 2.75. The van der Waals surface area contributed by atoms with Crippen molar-refractivity contribution in [1.29, 1.82) is 0 Å². The number of rotatable bonds is 4. The van der Waals surface area contributed by atoms with Gasteiger partial charge in [0, 0.05) is 30.0 Å². The van der Waals surface area contributed by atoms with Crippen molar-refractivity contribution < 1.29 is 4.42 Å². The zero-order chi connectivity index (χ0) is 15.7. The van der Waals surface area contributed by atoms with Crippen LogP contribution < -0.4 is 10.6 Å². The Bertz CT molecular complexity index is 786. The molecule has 0 aliphatic heterocycles. The highest BCUT2D eigenvalue weighted by atomic mass is 16.3. The molecule has 0 radical (unpaired) electrons. The van der Waals surface area contributed by atoms with E-state index >= 15 is 0 Å². The molecule has 0 atom stereocenters. The van der Waals surface area contributed by atoms with E-state index in [1.54, 1.807) is 0 Å². The molecule has 0 saturated carbocycles. The lowest BCUT2D eigenvalue weighted by Crippen LogP contribution is -2.21. The average molecular weight is 295 g/mol. The van der Waals surface area contributed by atoms with Crippen LogP contribution in [0, 0.1) is 6.92 Å². The molecule has 3 aromatic rings. The molecule has 3 rings (SSSR count). The molecule has 0 spiro atoms. The Labute approximate surface area is 130 Å². The van der Waals surface area contributed by atoms with Crippen LogP contribution in [-0.4, -0.2) is 18.1 Å². The van der Waals surface area contributed by atoms with Gasteiger partial charge in [0.25, 0.3) is 0 Å². The van der Waals surface area contributed by atoms with Gasteiger partial charge in [0.1, 0.15) is 5.52 Å². The minimum Gasteiger partial charge on any atom is -0.436 e. The molecule has 2 N–H and O–H groups in total. The molecule has 0 bridgehead atoms. The van der Waals surface area contributed by atoms with Gasteiger partial charge in [0.15, 0.2) is 5.58 Å². The van der Waals surface area contributed by atoms with Crippen LogP contribution in [0.5, 0.6) is 0 Å².